The number of ether oxygens (including phenoxy) is 4. The molecule has 13 nitrogen and oxygen atoms in total. The van der Waals surface area contributed by atoms with Gasteiger partial charge in [0.1, 0.15) is 58.6 Å². The molecule has 3 aliphatic heterocycles. The van der Waals surface area contributed by atoms with Gasteiger partial charge in [0, 0.05) is 100 Å². The highest BCUT2D eigenvalue weighted by molar-refractivity contribution is 7.19. The van der Waals surface area contributed by atoms with Gasteiger partial charge in [0.2, 0.25) is 0 Å². The molecule has 24 rings (SSSR count). The number of hydrogen-bond acceptors (Lipinski definition) is 13. The van der Waals surface area contributed by atoms with E-state index in [0.29, 0.717) is 89.6 Å². The molecule has 145 heavy (non-hydrogen) atoms. The Morgan fingerprint density at radius 2 is 0.869 bits per heavy atom. The fraction of sp³-hybridized carbons (Fsp3) is 0.326. The second-order valence-corrected chi connectivity index (χ2v) is 44.1. The first kappa shape index (κ1) is 109. The second-order valence-electron chi connectivity index (χ2n) is 41.0. The van der Waals surface area contributed by atoms with E-state index in [1.54, 1.807) is 11.3 Å². The van der Waals surface area contributed by atoms with Crippen molar-refractivity contribution in [2.24, 2.45) is 17.8 Å². The molecule has 9 aromatic heterocycles. The zero-order valence-electron chi connectivity index (χ0n) is 89.4. The van der Waals surface area contributed by atoms with Crippen LogP contribution in [0.25, 0.3) is 96.3 Å². The van der Waals surface area contributed by atoms with Gasteiger partial charge in [-0.15, -0.1) is 34.0 Å². The number of furan rings is 2. The molecule has 0 amide bonds. The highest BCUT2D eigenvalue weighted by Gasteiger charge is 2.28. The number of H-pyrrole nitrogens is 3. The molecule has 21 aromatic rings. The number of benzene rings is 12. The van der Waals surface area contributed by atoms with Gasteiger partial charge in [-0.3, -0.25) is 0 Å². The number of fused-ring (bicyclic) bond motifs is 12. The summed E-state index contributed by atoms with van der Waals surface area (Å²) in [5, 5.41) is 11.4. The van der Waals surface area contributed by atoms with Crippen molar-refractivity contribution < 1.29 is 32.2 Å². The maximum atomic E-state index is 5.77. The Bertz CT molecular complexity index is 6460. The summed E-state index contributed by atoms with van der Waals surface area (Å²) >= 11 is 5.54. The van der Waals surface area contributed by atoms with E-state index in [0.717, 1.165) is 92.3 Å². The van der Waals surface area contributed by atoms with Gasteiger partial charge in [0.15, 0.2) is 23.0 Å². The standard InChI is InChI=1S/2C11H13N.C11H14O2.C11H14O.C11H12O.C11H14O.C11H12O.2C11H12S.C10H12N2.C10H11NO.C10H11NS/c1-8(2)10-7-12-11-6-4-3-5-9(10)11;1-8(2)11-7-9-5-3-4-6-10(9)12-11;1-8(2)11-7-12-9-5-3-4-6-10(9)13-11;2*1-8(2)10-7-12-11-6-4-3-5-9(10)11;2*1-8(2)11-7-9-5-3-4-6-10(9)12-11;1-8(2)10-7-12-11-6-4-3-5-9(10)11;1-8(2)11-7-9-5-3-4-6-10(9)12-11;3*1-7(2)10-11-8-5-3-4-6-9(8)12-10/h2*3-8,12H,1-2H3;3-6,8,11H,7H2,1-2H3;3-6,8,10H,7H2,1-2H3;3-8H,1-2H3;3-6,8,11H,7H2,1-2H3;3*3-8H,1-2H3;3-7H,1-2H3,(H,11,12);2*3-7H,1-2H3. The van der Waals surface area contributed by atoms with E-state index in [1.807, 2.05) is 156 Å². The molecule has 0 fully saturated rings. The lowest BCUT2D eigenvalue weighted by atomic mass is 9.90. The predicted octanol–water partition coefficient (Wildman–Crippen LogP) is 38.7. The molecule has 756 valence electrons. The fourth-order valence-corrected chi connectivity index (χ4v) is 19.8. The van der Waals surface area contributed by atoms with Gasteiger partial charge in [0.25, 0.3) is 0 Å². The van der Waals surface area contributed by atoms with Crippen molar-refractivity contribution in [2.45, 2.75) is 244 Å². The van der Waals surface area contributed by atoms with E-state index < -0.39 is 0 Å². The molecule has 12 heterocycles. The molecule has 3 unspecified atom stereocenters. The van der Waals surface area contributed by atoms with Crippen LogP contribution in [0, 0.1) is 17.8 Å². The van der Waals surface area contributed by atoms with E-state index in [1.165, 1.54) is 101 Å². The van der Waals surface area contributed by atoms with Crippen molar-refractivity contribution in [1.82, 2.24) is 29.9 Å². The van der Waals surface area contributed by atoms with Crippen LogP contribution in [-0.2, 0) is 6.42 Å². The zero-order chi connectivity index (χ0) is 103. The van der Waals surface area contributed by atoms with Crippen LogP contribution in [0.1, 0.15) is 286 Å². The van der Waals surface area contributed by atoms with Crippen molar-refractivity contribution in [3.05, 3.63) is 388 Å². The van der Waals surface area contributed by atoms with E-state index in [2.05, 4.69) is 390 Å². The van der Waals surface area contributed by atoms with Gasteiger partial charge in [-0.05, 0) is 201 Å². The molecule has 3 aliphatic rings. The summed E-state index contributed by atoms with van der Waals surface area (Å²) in [7, 11) is 0. The number of nitrogens with zero attached hydrogens (tertiary/aromatic N) is 3. The van der Waals surface area contributed by atoms with Crippen molar-refractivity contribution in [1.29, 1.82) is 0 Å². The maximum absolute atomic E-state index is 5.77. The SMILES string of the molecule is CC(C)C1COc2ccccc21.CC(C)C1COc2ccccc2O1.CC(C)C1Cc2ccccc2O1.CC(C)c1c[nH]c2ccccc12.CC(C)c1cc2ccccc2[nH]1.CC(C)c1cc2ccccc2o1.CC(C)c1cc2ccccc2s1.CC(C)c1coc2ccccc12.CC(C)c1csc2ccccc12.CC(C)c1nc2ccccc2[nH]1.CC(C)c1nc2ccccc2o1.CC(C)c1nc2ccccc2s1. The number of aromatic nitrogens is 6. The third-order valence-electron chi connectivity index (χ3n) is 25.5. The molecule has 3 atom stereocenters. The van der Waals surface area contributed by atoms with E-state index in [-0.39, 0.29) is 6.10 Å². The van der Waals surface area contributed by atoms with Gasteiger partial charge < -0.3 is 47.2 Å². The van der Waals surface area contributed by atoms with Crippen LogP contribution < -0.4 is 18.9 Å². The largest absolute Gasteiger partial charge is 0.493 e. The minimum Gasteiger partial charge on any atom is -0.493 e. The third kappa shape index (κ3) is 30.2. The first-order valence-corrected chi connectivity index (χ1v) is 54.4. The number of aromatic amines is 3. The number of imidazole rings is 1. The highest BCUT2D eigenvalue weighted by atomic mass is 32.1. The second kappa shape index (κ2) is 53.0. The lowest BCUT2D eigenvalue weighted by molar-refractivity contribution is 0.0591. The van der Waals surface area contributed by atoms with Crippen LogP contribution in [-0.4, -0.2) is 55.3 Å². The van der Waals surface area contributed by atoms with Crippen molar-refractivity contribution in [3.63, 3.8) is 0 Å². The number of nitrogens with one attached hydrogen (secondary N) is 3. The summed E-state index contributed by atoms with van der Waals surface area (Å²) in [6, 6.07) is 106. The van der Waals surface area contributed by atoms with Crippen molar-refractivity contribution in [3.8, 4) is 23.0 Å². The zero-order valence-corrected chi connectivity index (χ0v) is 91.8. The van der Waals surface area contributed by atoms with E-state index in [4.69, 9.17) is 32.2 Å². The first-order chi connectivity index (χ1) is 69.8. The fourth-order valence-electron chi connectivity index (χ4n) is 16.6. The lowest BCUT2D eigenvalue weighted by Crippen LogP contribution is -2.33. The van der Waals surface area contributed by atoms with Gasteiger partial charge in [0.05, 0.1) is 39.1 Å². The molecule has 16 heteroatoms. The Morgan fingerprint density at radius 1 is 0.331 bits per heavy atom. The molecular formula is C129H150N6O7S3. The Balaban J connectivity index is 0.000000132. The summed E-state index contributed by atoms with van der Waals surface area (Å²) in [6.07, 6.45) is 5.62. The average Bonchev–Trinajstić information content (AvgIpc) is 1.41. The monoisotopic (exact) mass is 1990 g/mol. The van der Waals surface area contributed by atoms with E-state index >= 15 is 0 Å². The number of oxazole rings is 1. The van der Waals surface area contributed by atoms with Crippen molar-refractivity contribution in [2.75, 3.05) is 13.2 Å². The third-order valence-corrected chi connectivity index (χ3v) is 29.2. The summed E-state index contributed by atoms with van der Waals surface area (Å²) in [6.45, 7) is 53.9. The molecule has 0 bridgehead atoms. The topological polar surface area (TPSA) is 162 Å². The van der Waals surface area contributed by atoms with Gasteiger partial charge in [-0.2, -0.15) is 0 Å². The van der Waals surface area contributed by atoms with Crippen molar-refractivity contribution >= 4 is 130 Å². The van der Waals surface area contributed by atoms with E-state index in [9.17, 15) is 0 Å². The quantitative estimate of drug-likeness (QED) is 0.107. The number of hydrogen-bond donors (Lipinski definition) is 3. The number of rotatable bonds is 12. The van der Waals surface area contributed by atoms with Crippen LogP contribution in [0.5, 0.6) is 23.0 Å². The summed E-state index contributed by atoms with van der Waals surface area (Å²) in [5.74, 6) is 14.1. The number of para-hydroxylation sites is 13. The Labute approximate surface area is 872 Å². The van der Waals surface area contributed by atoms with Gasteiger partial charge in [-0.25, -0.2) is 15.0 Å². The maximum Gasteiger partial charge on any atom is 0.198 e. The normalized spacial score (nSPS) is 13.6. The molecule has 0 spiro atoms. The summed E-state index contributed by atoms with van der Waals surface area (Å²) in [5.41, 5.74) is 17.8. The number of thiazole rings is 1. The molecule has 0 radical (unpaired) electrons. The lowest BCUT2D eigenvalue weighted by Gasteiger charge is -2.28. The first-order valence-electron chi connectivity index (χ1n) is 51.9. The Kier molecular flexibility index (Phi) is 39.9. The molecule has 0 aliphatic carbocycles. The predicted molar refractivity (Wildman–Crippen MR) is 619 cm³/mol. The van der Waals surface area contributed by atoms with Crippen LogP contribution in [0.3, 0.4) is 0 Å². The number of thiophene rings is 2. The molecular weight excluding hydrogens is 1840 g/mol. The molecule has 3 N–H and O–H groups in total. The van der Waals surface area contributed by atoms with Crippen LogP contribution in [0.15, 0.2) is 340 Å². The molecule has 0 saturated heterocycles. The van der Waals surface area contributed by atoms with Crippen LogP contribution in [0.2, 0.25) is 0 Å². The minimum atomic E-state index is 0.190. The molecule has 12 aromatic carbocycles. The van der Waals surface area contributed by atoms with Crippen LogP contribution in [0.4, 0.5) is 0 Å². The van der Waals surface area contributed by atoms with Gasteiger partial charge >= 0.3 is 0 Å². The summed E-state index contributed by atoms with van der Waals surface area (Å²) < 4.78 is 43.3. The Morgan fingerprint density at radius 3 is 1.47 bits per heavy atom. The van der Waals surface area contributed by atoms with Gasteiger partial charge in [-0.1, -0.05) is 360 Å². The smallest absolute Gasteiger partial charge is 0.198 e. The van der Waals surface area contributed by atoms with Crippen LogP contribution >= 0.6 is 34.0 Å². The Hall–Kier alpha value is -13.3. The highest BCUT2D eigenvalue weighted by Crippen LogP contribution is 2.40. The average molecular weight is 1990 g/mol. The summed E-state index contributed by atoms with van der Waals surface area (Å²) in [4.78, 5) is 24.8. The molecule has 0 saturated carbocycles. The minimum absolute atomic E-state index is 0.190.